The fraction of sp³-hybridized carbons (Fsp3) is 0.429. The Labute approximate surface area is 110 Å². The van der Waals surface area contributed by atoms with Crippen LogP contribution in [0.1, 0.15) is 37.5 Å². The second-order valence-corrected chi connectivity index (χ2v) is 5.02. The Bertz CT molecular complexity index is 552. The summed E-state index contributed by atoms with van der Waals surface area (Å²) in [6, 6.07) is 6.15. The van der Waals surface area contributed by atoms with Crippen molar-refractivity contribution < 1.29 is 8.91 Å². The highest BCUT2D eigenvalue weighted by molar-refractivity contribution is 5.53. The lowest BCUT2D eigenvalue weighted by molar-refractivity contribution is 0.290. The van der Waals surface area contributed by atoms with E-state index in [1.165, 1.54) is 12.1 Å². The fourth-order valence-electron chi connectivity index (χ4n) is 2.57. The molecule has 0 amide bonds. The Morgan fingerprint density at radius 3 is 2.63 bits per heavy atom. The maximum absolute atomic E-state index is 12.9. The van der Waals surface area contributed by atoms with Crippen molar-refractivity contribution in [1.82, 2.24) is 10.1 Å². The lowest BCUT2D eigenvalue weighted by Gasteiger charge is -2.25. The molecule has 0 saturated heterocycles. The minimum absolute atomic E-state index is 0.0928. The summed E-state index contributed by atoms with van der Waals surface area (Å²) in [6.45, 7) is 0. The van der Waals surface area contributed by atoms with Gasteiger partial charge in [0.15, 0.2) is 0 Å². The first-order valence-electron chi connectivity index (χ1n) is 6.59. The molecule has 4 nitrogen and oxygen atoms in total. The van der Waals surface area contributed by atoms with Crippen molar-refractivity contribution in [3.8, 4) is 11.4 Å². The predicted octanol–water partition coefficient (Wildman–Crippen LogP) is 2.86. The van der Waals surface area contributed by atoms with Crippen LogP contribution in [0.25, 0.3) is 11.4 Å². The van der Waals surface area contributed by atoms with Gasteiger partial charge in [-0.15, -0.1) is 0 Å². The summed E-state index contributed by atoms with van der Waals surface area (Å²) in [7, 11) is 0. The summed E-state index contributed by atoms with van der Waals surface area (Å²) in [5.74, 6) is 0.969. The zero-order valence-electron chi connectivity index (χ0n) is 10.6. The average Bonchev–Trinajstić information content (AvgIpc) is 2.89. The number of nitrogens with zero attached hydrogens (tertiary/aromatic N) is 2. The molecule has 100 valence electrons. The monoisotopic (exact) mass is 261 g/mol. The minimum Gasteiger partial charge on any atom is -0.339 e. The third-order valence-electron chi connectivity index (χ3n) is 3.68. The molecule has 1 heterocycles. The van der Waals surface area contributed by atoms with E-state index < -0.39 is 0 Å². The number of hydrogen-bond acceptors (Lipinski definition) is 4. The van der Waals surface area contributed by atoms with E-state index in [9.17, 15) is 4.39 Å². The van der Waals surface area contributed by atoms with Crippen molar-refractivity contribution in [3.63, 3.8) is 0 Å². The van der Waals surface area contributed by atoms with Crippen molar-refractivity contribution in [1.29, 1.82) is 0 Å². The van der Waals surface area contributed by atoms with Crippen LogP contribution in [0.15, 0.2) is 28.8 Å². The normalized spacial score (nSPS) is 23.5. The average molecular weight is 261 g/mol. The van der Waals surface area contributed by atoms with Crippen molar-refractivity contribution in [2.75, 3.05) is 0 Å². The summed E-state index contributed by atoms with van der Waals surface area (Å²) in [4.78, 5) is 4.40. The summed E-state index contributed by atoms with van der Waals surface area (Å²) >= 11 is 0. The SMILES string of the molecule is NC1CCCCC1c1nc(-c2ccc(F)cc2)no1. The van der Waals surface area contributed by atoms with E-state index >= 15 is 0 Å². The van der Waals surface area contributed by atoms with Crippen molar-refractivity contribution in [3.05, 3.63) is 36.0 Å². The van der Waals surface area contributed by atoms with Gasteiger partial charge in [-0.3, -0.25) is 0 Å². The highest BCUT2D eigenvalue weighted by Crippen LogP contribution is 2.31. The van der Waals surface area contributed by atoms with E-state index in [-0.39, 0.29) is 17.8 Å². The van der Waals surface area contributed by atoms with Crippen LogP contribution in [0, 0.1) is 5.82 Å². The molecule has 0 bridgehead atoms. The minimum atomic E-state index is -0.276. The van der Waals surface area contributed by atoms with E-state index in [1.54, 1.807) is 12.1 Å². The molecule has 2 unspecified atom stereocenters. The Kier molecular flexibility index (Phi) is 3.29. The van der Waals surface area contributed by atoms with Crippen molar-refractivity contribution in [2.45, 2.75) is 37.6 Å². The number of nitrogens with two attached hydrogens (primary N) is 1. The lowest BCUT2D eigenvalue weighted by Crippen LogP contribution is -2.31. The maximum atomic E-state index is 12.9. The quantitative estimate of drug-likeness (QED) is 0.902. The van der Waals surface area contributed by atoms with Crippen LogP contribution in [0.4, 0.5) is 4.39 Å². The second-order valence-electron chi connectivity index (χ2n) is 5.02. The van der Waals surface area contributed by atoms with Crippen LogP contribution in [0.5, 0.6) is 0 Å². The smallest absolute Gasteiger partial charge is 0.231 e. The molecule has 19 heavy (non-hydrogen) atoms. The molecule has 0 radical (unpaired) electrons. The highest BCUT2D eigenvalue weighted by atomic mass is 19.1. The standard InChI is InChI=1S/C14H16FN3O/c15-10-7-5-9(6-8-10)13-17-14(19-18-13)11-3-1-2-4-12(11)16/h5-8,11-12H,1-4,16H2. The van der Waals surface area contributed by atoms with Crippen LogP contribution < -0.4 is 5.73 Å². The molecule has 5 heteroatoms. The Balaban J connectivity index is 1.84. The lowest BCUT2D eigenvalue weighted by atomic mass is 9.85. The molecule has 1 aromatic heterocycles. The summed E-state index contributed by atoms with van der Waals surface area (Å²) in [6.07, 6.45) is 4.30. The van der Waals surface area contributed by atoms with E-state index in [1.807, 2.05) is 0 Å². The van der Waals surface area contributed by atoms with E-state index in [4.69, 9.17) is 10.3 Å². The van der Waals surface area contributed by atoms with Gasteiger partial charge in [0.1, 0.15) is 5.82 Å². The summed E-state index contributed by atoms with van der Waals surface area (Å²) < 4.78 is 18.2. The molecule has 1 aromatic carbocycles. The summed E-state index contributed by atoms with van der Waals surface area (Å²) in [5, 5.41) is 3.96. The molecule has 3 rings (SSSR count). The van der Waals surface area contributed by atoms with Gasteiger partial charge in [0, 0.05) is 11.6 Å². The second kappa shape index (κ2) is 5.09. The van der Waals surface area contributed by atoms with Gasteiger partial charge in [-0.2, -0.15) is 4.98 Å². The molecule has 1 aliphatic rings. The number of halogens is 1. The van der Waals surface area contributed by atoms with Gasteiger partial charge in [-0.05, 0) is 37.1 Å². The number of rotatable bonds is 2. The number of benzene rings is 1. The first-order valence-corrected chi connectivity index (χ1v) is 6.59. The molecule has 2 atom stereocenters. The van der Waals surface area contributed by atoms with Crippen LogP contribution in [-0.4, -0.2) is 16.2 Å². The molecule has 1 fully saturated rings. The van der Waals surface area contributed by atoms with Gasteiger partial charge in [0.2, 0.25) is 11.7 Å². The Morgan fingerprint density at radius 1 is 1.16 bits per heavy atom. The van der Waals surface area contributed by atoms with E-state index in [0.717, 1.165) is 31.2 Å². The van der Waals surface area contributed by atoms with Gasteiger partial charge in [0.25, 0.3) is 0 Å². The fourth-order valence-corrected chi connectivity index (χ4v) is 2.57. The third-order valence-corrected chi connectivity index (χ3v) is 3.68. The van der Waals surface area contributed by atoms with Crippen LogP contribution in [-0.2, 0) is 0 Å². The molecule has 1 saturated carbocycles. The Morgan fingerprint density at radius 2 is 1.89 bits per heavy atom. The van der Waals surface area contributed by atoms with E-state index in [0.29, 0.717) is 11.7 Å². The maximum Gasteiger partial charge on any atom is 0.231 e. The molecule has 0 aliphatic heterocycles. The number of hydrogen-bond donors (Lipinski definition) is 1. The molecular weight excluding hydrogens is 245 g/mol. The third kappa shape index (κ3) is 2.51. The zero-order chi connectivity index (χ0) is 13.2. The predicted molar refractivity (Wildman–Crippen MR) is 68.9 cm³/mol. The van der Waals surface area contributed by atoms with Crippen LogP contribution >= 0.6 is 0 Å². The molecule has 2 aromatic rings. The van der Waals surface area contributed by atoms with Crippen LogP contribution in [0.3, 0.4) is 0 Å². The zero-order valence-corrected chi connectivity index (χ0v) is 10.6. The number of aromatic nitrogens is 2. The van der Waals surface area contributed by atoms with Gasteiger partial charge in [0.05, 0.1) is 5.92 Å². The molecule has 2 N–H and O–H groups in total. The molecular formula is C14H16FN3O. The highest BCUT2D eigenvalue weighted by Gasteiger charge is 2.28. The van der Waals surface area contributed by atoms with Gasteiger partial charge in [-0.1, -0.05) is 18.0 Å². The first-order chi connectivity index (χ1) is 9.24. The van der Waals surface area contributed by atoms with Gasteiger partial charge < -0.3 is 10.3 Å². The largest absolute Gasteiger partial charge is 0.339 e. The molecule has 0 spiro atoms. The Hall–Kier alpha value is -1.75. The van der Waals surface area contributed by atoms with Crippen molar-refractivity contribution >= 4 is 0 Å². The molecule has 1 aliphatic carbocycles. The van der Waals surface area contributed by atoms with Crippen molar-refractivity contribution in [2.24, 2.45) is 5.73 Å². The topological polar surface area (TPSA) is 64.9 Å². The van der Waals surface area contributed by atoms with Crippen LogP contribution in [0.2, 0.25) is 0 Å². The summed E-state index contributed by atoms with van der Waals surface area (Å²) in [5.41, 5.74) is 6.85. The van der Waals surface area contributed by atoms with E-state index in [2.05, 4.69) is 10.1 Å². The van der Waals surface area contributed by atoms with Gasteiger partial charge >= 0.3 is 0 Å². The van der Waals surface area contributed by atoms with Gasteiger partial charge in [-0.25, -0.2) is 4.39 Å². The first kappa shape index (κ1) is 12.3.